The molecule has 0 amide bonds. The van der Waals surface area contributed by atoms with E-state index in [2.05, 4.69) is 38.3 Å². The maximum Gasteiger partial charge on any atom is 0.257 e. The van der Waals surface area contributed by atoms with Gasteiger partial charge in [-0.25, -0.2) is 0 Å². The van der Waals surface area contributed by atoms with Gasteiger partial charge in [-0.2, -0.15) is 4.98 Å². The fourth-order valence-corrected chi connectivity index (χ4v) is 1.85. The molecule has 0 saturated carbocycles. The van der Waals surface area contributed by atoms with Gasteiger partial charge in [-0.1, -0.05) is 27.2 Å². The molecule has 4 nitrogen and oxygen atoms in total. The number of hydrogen-bond acceptors (Lipinski definition) is 4. The number of likely N-dealkylation sites (N-methyl/N-ethyl adjacent to an activating group) is 1. The summed E-state index contributed by atoms with van der Waals surface area (Å²) in [6.07, 6.45) is 0.758. The van der Waals surface area contributed by atoms with Crippen molar-refractivity contribution in [3.63, 3.8) is 0 Å². The van der Waals surface area contributed by atoms with Gasteiger partial charge in [0, 0.05) is 22.5 Å². The number of aromatic nitrogens is 2. The number of hydrogen-bond donors (Lipinski definition) is 1. The van der Waals surface area contributed by atoms with E-state index in [1.807, 2.05) is 31.3 Å². The molecule has 1 atom stereocenters. The van der Waals surface area contributed by atoms with Crippen molar-refractivity contribution in [3.8, 4) is 11.5 Å². The van der Waals surface area contributed by atoms with Crippen molar-refractivity contribution in [2.24, 2.45) is 0 Å². The van der Waals surface area contributed by atoms with E-state index in [0.29, 0.717) is 11.9 Å². The highest BCUT2D eigenvalue weighted by atomic mass is 79.9. The van der Waals surface area contributed by atoms with Gasteiger partial charge in [-0.15, -0.1) is 12.4 Å². The lowest BCUT2D eigenvalue weighted by molar-refractivity contribution is 0.418. The molecule has 0 spiro atoms. The summed E-state index contributed by atoms with van der Waals surface area (Å²) in [5.74, 6) is 1.28. The van der Waals surface area contributed by atoms with Crippen LogP contribution in [0.25, 0.3) is 11.5 Å². The van der Waals surface area contributed by atoms with Crippen LogP contribution < -0.4 is 5.32 Å². The van der Waals surface area contributed by atoms with Gasteiger partial charge in [0.05, 0.1) is 0 Å². The fourth-order valence-electron chi connectivity index (χ4n) is 1.45. The van der Waals surface area contributed by atoms with Crippen LogP contribution in [0.3, 0.4) is 0 Å². The molecular weight excluding hydrogens is 318 g/mol. The minimum Gasteiger partial charge on any atom is -0.334 e. The third-order valence-electron chi connectivity index (χ3n) is 2.52. The number of nitrogens with one attached hydrogen (secondary N) is 1. The first-order chi connectivity index (χ1) is 8.19. The van der Waals surface area contributed by atoms with E-state index >= 15 is 0 Å². The summed E-state index contributed by atoms with van der Waals surface area (Å²) in [5, 5.41) is 7.11. The summed E-state index contributed by atoms with van der Waals surface area (Å²) >= 11 is 3.42. The SMILES string of the molecule is CNC(C)Cc1noc(-c2cccc(Br)c2)n1.Cl. The van der Waals surface area contributed by atoms with Crippen LogP contribution in [0.2, 0.25) is 0 Å². The number of halogens is 2. The maximum absolute atomic E-state index is 5.24. The number of nitrogens with zero attached hydrogens (tertiary/aromatic N) is 2. The Hall–Kier alpha value is -0.910. The first-order valence-electron chi connectivity index (χ1n) is 5.45. The second kappa shape index (κ2) is 6.87. The standard InChI is InChI=1S/C12H14BrN3O.ClH/c1-8(14-2)6-11-15-12(17-16-11)9-4-3-5-10(13)7-9;/h3-5,7-8,14H,6H2,1-2H3;1H. The lowest BCUT2D eigenvalue weighted by Crippen LogP contribution is -2.24. The minimum atomic E-state index is 0. The quantitative estimate of drug-likeness (QED) is 0.935. The molecule has 0 saturated heterocycles. The van der Waals surface area contributed by atoms with Gasteiger partial charge in [-0.3, -0.25) is 0 Å². The molecule has 0 aliphatic rings. The Labute approximate surface area is 121 Å². The van der Waals surface area contributed by atoms with Crippen molar-refractivity contribution in [2.75, 3.05) is 7.05 Å². The summed E-state index contributed by atoms with van der Waals surface area (Å²) < 4.78 is 6.24. The zero-order valence-corrected chi connectivity index (χ0v) is 12.6. The Morgan fingerprint density at radius 3 is 2.89 bits per heavy atom. The molecule has 0 radical (unpaired) electrons. The fraction of sp³-hybridized carbons (Fsp3) is 0.333. The highest BCUT2D eigenvalue weighted by molar-refractivity contribution is 9.10. The van der Waals surface area contributed by atoms with Crippen molar-refractivity contribution >= 4 is 28.3 Å². The van der Waals surface area contributed by atoms with Gasteiger partial charge in [0.25, 0.3) is 5.89 Å². The normalized spacial score (nSPS) is 11.9. The van der Waals surface area contributed by atoms with Crippen molar-refractivity contribution in [1.29, 1.82) is 0 Å². The number of rotatable bonds is 4. The molecule has 2 aromatic rings. The van der Waals surface area contributed by atoms with E-state index in [9.17, 15) is 0 Å². The zero-order chi connectivity index (χ0) is 12.3. The van der Waals surface area contributed by atoms with E-state index in [-0.39, 0.29) is 12.4 Å². The Morgan fingerprint density at radius 1 is 1.44 bits per heavy atom. The van der Waals surface area contributed by atoms with Crippen LogP contribution in [-0.2, 0) is 6.42 Å². The topological polar surface area (TPSA) is 51.0 Å². The van der Waals surface area contributed by atoms with Gasteiger partial charge in [0.2, 0.25) is 0 Å². The van der Waals surface area contributed by atoms with Crippen LogP contribution in [0.1, 0.15) is 12.7 Å². The van der Waals surface area contributed by atoms with Gasteiger partial charge >= 0.3 is 0 Å². The van der Waals surface area contributed by atoms with E-state index in [1.165, 1.54) is 0 Å². The summed E-state index contributed by atoms with van der Waals surface area (Å²) in [7, 11) is 1.92. The van der Waals surface area contributed by atoms with Gasteiger partial charge in [-0.05, 0) is 32.2 Å². The predicted octanol–water partition coefficient (Wildman–Crippen LogP) is 3.07. The third kappa shape index (κ3) is 3.80. The number of benzene rings is 1. The monoisotopic (exact) mass is 331 g/mol. The van der Waals surface area contributed by atoms with Crippen molar-refractivity contribution in [2.45, 2.75) is 19.4 Å². The molecule has 6 heteroatoms. The average Bonchev–Trinajstić information content (AvgIpc) is 2.77. The Balaban J connectivity index is 0.00000162. The molecule has 1 N–H and O–H groups in total. The third-order valence-corrected chi connectivity index (χ3v) is 3.01. The molecule has 0 aliphatic carbocycles. The van der Waals surface area contributed by atoms with Gasteiger partial charge in [0.15, 0.2) is 5.82 Å². The van der Waals surface area contributed by atoms with E-state index in [1.54, 1.807) is 0 Å². The molecule has 2 rings (SSSR count). The summed E-state index contributed by atoms with van der Waals surface area (Å²) in [5.41, 5.74) is 0.926. The van der Waals surface area contributed by atoms with Crippen LogP contribution in [0.4, 0.5) is 0 Å². The van der Waals surface area contributed by atoms with Crippen LogP contribution in [0, 0.1) is 0 Å². The first kappa shape index (κ1) is 15.1. The Bertz CT molecular complexity index is 504. The van der Waals surface area contributed by atoms with E-state index in [4.69, 9.17) is 4.52 Å². The van der Waals surface area contributed by atoms with Crippen LogP contribution in [-0.4, -0.2) is 23.2 Å². The zero-order valence-electron chi connectivity index (χ0n) is 10.2. The van der Waals surface area contributed by atoms with Crippen molar-refractivity contribution < 1.29 is 4.52 Å². The van der Waals surface area contributed by atoms with Crippen LogP contribution in [0.5, 0.6) is 0 Å². The molecule has 0 bridgehead atoms. The minimum absolute atomic E-state index is 0. The molecule has 1 aromatic carbocycles. The second-order valence-corrected chi connectivity index (χ2v) is 4.84. The smallest absolute Gasteiger partial charge is 0.257 e. The highest BCUT2D eigenvalue weighted by Crippen LogP contribution is 2.21. The molecule has 0 aliphatic heterocycles. The molecule has 98 valence electrons. The largest absolute Gasteiger partial charge is 0.334 e. The van der Waals surface area contributed by atoms with Crippen molar-refractivity contribution in [3.05, 3.63) is 34.6 Å². The maximum atomic E-state index is 5.24. The Morgan fingerprint density at radius 2 is 2.22 bits per heavy atom. The summed E-state index contributed by atoms with van der Waals surface area (Å²) in [4.78, 5) is 4.37. The van der Waals surface area contributed by atoms with Crippen molar-refractivity contribution in [1.82, 2.24) is 15.5 Å². The second-order valence-electron chi connectivity index (χ2n) is 3.92. The summed E-state index contributed by atoms with van der Waals surface area (Å²) in [6.45, 7) is 2.08. The Kier molecular flexibility index (Phi) is 5.78. The average molecular weight is 333 g/mol. The molecule has 18 heavy (non-hydrogen) atoms. The molecule has 1 heterocycles. The van der Waals surface area contributed by atoms with E-state index < -0.39 is 0 Å². The highest BCUT2D eigenvalue weighted by Gasteiger charge is 2.10. The first-order valence-corrected chi connectivity index (χ1v) is 6.24. The lowest BCUT2D eigenvalue weighted by atomic mass is 10.2. The summed E-state index contributed by atoms with van der Waals surface area (Å²) in [6, 6.07) is 8.15. The van der Waals surface area contributed by atoms with Gasteiger partial charge < -0.3 is 9.84 Å². The van der Waals surface area contributed by atoms with Crippen LogP contribution >= 0.6 is 28.3 Å². The van der Waals surface area contributed by atoms with Crippen LogP contribution in [0.15, 0.2) is 33.3 Å². The lowest BCUT2D eigenvalue weighted by Gasteiger charge is -2.04. The molecule has 0 fully saturated rings. The predicted molar refractivity (Wildman–Crippen MR) is 76.9 cm³/mol. The van der Waals surface area contributed by atoms with Gasteiger partial charge in [0.1, 0.15) is 0 Å². The molecule has 1 aromatic heterocycles. The molecular formula is C12H15BrClN3O. The van der Waals surface area contributed by atoms with E-state index in [0.717, 1.165) is 22.3 Å². The molecule has 1 unspecified atom stereocenters.